The van der Waals surface area contributed by atoms with Crippen molar-refractivity contribution in [3.8, 4) is 17.2 Å². The summed E-state index contributed by atoms with van der Waals surface area (Å²) in [4.78, 5) is 40.7. The van der Waals surface area contributed by atoms with Crippen LogP contribution in [0.2, 0.25) is 0 Å². The Labute approximate surface area is 396 Å². The molecular formula is C45H56O25. The minimum absolute atomic E-state index is 0.00960. The molecule has 70 heavy (non-hydrogen) atoms. The van der Waals surface area contributed by atoms with Gasteiger partial charge in [0.1, 0.15) is 102 Å². The summed E-state index contributed by atoms with van der Waals surface area (Å²) in [5, 5.41) is 166. The molecule has 0 radical (unpaired) electrons. The van der Waals surface area contributed by atoms with Crippen LogP contribution in [0.25, 0.3) is 0 Å². The number of benzene rings is 3. The van der Waals surface area contributed by atoms with E-state index >= 15 is 0 Å². The number of hydrogen-bond donors (Lipinski definition) is 16. The molecule has 3 heterocycles. The smallest absolute Gasteiger partial charge is 0.337 e. The van der Waals surface area contributed by atoms with Crippen LogP contribution < -0.4 is 14.2 Å². The van der Waals surface area contributed by atoms with Gasteiger partial charge in [0.25, 0.3) is 0 Å². The molecule has 3 saturated heterocycles. The molecule has 25 heteroatoms. The first-order chi connectivity index (χ1) is 33.1. The van der Waals surface area contributed by atoms with Gasteiger partial charge in [-0.1, -0.05) is 36.4 Å². The van der Waals surface area contributed by atoms with Crippen molar-refractivity contribution >= 4 is 17.9 Å². The fraction of sp³-hybridized carbons (Fsp3) is 0.533. The summed E-state index contributed by atoms with van der Waals surface area (Å²) in [7, 11) is 0. The number of aliphatic hydroxyl groups is 13. The summed E-state index contributed by atoms with van der Waals surface area (Å²) in [6, 6.07) is 14.7. The first kappa shape index (κ1) is 54.2. The van der Waals surface area contributed by atoms with Crippen molar-refractivity contribution in [1.82, 2.24) is 0 Å². The molecule has 17 atom stereocenters. The van der Waals surface area contributed by atoms with Gasteiger partial charge in [0.05, 0.1) is 19.8 Å². The summed E-state index contributed by atoms with van der Waals surface area (Å²) in [6.45, 7) is -2.27. The van der Waals surface area contributed by atoms with Crippen LogP contribution in [0.4, 0.5) is 0 Å². The molecule has 3 aromatic rings. The number of aliphatic carboxylic acids is 3. The fourth-order valence-corrected chi connectivity index (χ4v) is 8.65. The van der Waals surface area contributed by atoms with Crippen LogP contribution >= 0.6 is 0 Å². The lowest BCUT2D eigenvalue weighted by Gasteiger charge is -2.45. The van der Waals surface area contributed by atoms with E-state index in [9.17, 15) is 96.1 Å². The van der Waals surface area contributed by atoms with Gasteiger partial charge in [-0.25, -0.2) is 4.79 Å². The zero-order valence-corrected chi connectivity index (χ0v) is 36.7. The standard InChI is InChI=1S/C45H56O25/c46-16-26-29(49)32(52)35(55)39(68-26)65-22-7-1-19(2-8-22)13-25(38(58)59)45(64,43(62)63)44(42(60)61,14-20-3-9-23(10-4-20)66-40-36(56)33(53)30(50)27(17-47)69-40)15-21-5-11-24(12-6-21)67-41-37(57)34(54)31(51)28(18-48)70-41/h1-12,25-37,39-41,46-57,64H,13-18H2,(H,58,59)(H,60,61)(H,62,63)/t25?,26-,27-,28-,29-,30-,31-,32+,33+,34+,35-,36-,37-,39-,40-,41-,45?/m1/s1. The largest absolute Gasteiger partial charge is 0.481 e. The molecule has 0 spiro atoms. The van der Waals surface area contributed by atoms with E-state index < -0.39 is 166 Å². The van der Waals surface area contributed by atoms with Gasteiger partial charge in [0.2, 0.25) is 18.9 Å². The molecule has 2 unspecified atom stereocenters. The topological polar surface area (TPSA) is 430 Å². The molecule has 0 aromatic heterocycles. The van der Waals surface area contributed by atoms with Gasteiger partial charge < -0.3 is 110 Å². The zero-order chi connectivity index (χ0) is 51.4. The van der Waals surface area contributed by atoms with E-state index in [0.29, 0.717) is 0 Å². The summed E-state index contributed by atoms with van der Waals surface area (Å²) in [6.07, 6.45) is -27.3. The number of hydrogen-bond acceptors (Lipinski definition) is 22. The maximum Gasteiger partial charge on any atom is 0.337 e. The second-order valence-electron chi connectivity index (χ2n) is 17.3. The number of carboxylic acid groups (broad SMARTS) is 3. The lowest BCUT2D eigenvalue weighted by Crippen LogP contribution is -2.66. The highest BCUT2D eigenvalue weighted by Gasteiger charge is 2.66. The van der Waals surface area contributed by atoms with E-state index in [1.165, 1.54) is 72.8 Å². The van der Waals surface area contributed by atoms with Crippen LogP contribution in [0.3, 0.4) is 0 Å². The van der Waals surface area contributed by atoms with Crippen molar-refractivity contribution in [2.45, 2.75) is 117 Å². The van der Waals surface area contributed by atoms with Crippen molar-refractivity contribution in [2.75, 3.05) is 19.8 Å². The van der Waals surface area contributed by atoms with Crippen LogP contribution in [0, 0.1) is 11.3 Å². The lowest BCUT2D eigenvalue weighted by molar-refractivity contribution is -0.277. The Morgan fingerprint density at radius 1 is 0.457 bits per heavy atom. The Morgan fingerprint density at radius 3 is 1.01 bits per heavy atom. The second-order valence-corrected chi connectivity index (χ2v) is 17.3. The van der Waals surface area contributed by atoms with Crippen LogP contribution in [0.5, 0.6) is 17.2 Å². The highest BCUT2D eigenvalue weighted by atomic mass is 16.7. The molecule has 3 fully saturated rings. The van der Waals surface area contributed by atoms with Gasteiger partial charge >= 0.3 is 17.9 Å². The van der Waals surface area contributed by atoms with Gasteiger partial charge in [-0.2, -0.15) is 0 Å². The summed E-state index contributed by atoms with van der Waals surface area (Å²) >= 11 is 0. The number of ether oxygens (including phenoxy) is 6. The maximum absolute atomic E-state index is 13.9. The Balaban J connectivity index is 1.33. The number of rotatable bonds is 20. The van der Waals surface area contributed by atoms with E-state index in [0.717, 1.165) is 0 Å². The monoisotopic (exact) mass is 996 g/mol. The van der Waals surface area contributed by atoms with Gasteiger partial charge in [-0.3, -0.25) is 9.59 Å². The SMILES string of the molecule is O=C(O)C(Cc1ccc(O[C@@H]2O[C@H](CO)[C@@H](O)[C@H](O)[C@H]2O)cc1)C(O)(C(=O)O)C(Cc1ccc(O[C@@H]2O[C@H](CO)[C@@H](O)[C@H](O)[C@H]2O)cc1)(Cc1ccc(O[C@@H]2O[C@H](CO)[C@@H](O)[C@H](O)[C@H]2O)cc1)C(=O)O. The molecule has 25 nitrogen and oxygen atoms in total. The van der Waals surface area contributed by atoms with Crippen LogP contribution in [-0.4, -0.2) is 217 Å². The maximum atomic E-state index is 13.9. The molecule has 0 amide bonds. The Bertz CT molecular complexity index is 2120. The molecule has 6 rings (SSSR count). The van der Waals surface area contributed by atoms with Gasteiger partial charge in [0.15, 0.2) is 5.60 Å². The van der Waals surface area contributed by atoms with E-state index in [4.69, 9.17) is 28.4 Å². The van der Waals surface area contributed by atoms with Gasteiger partial charge in [0, 0.05) is 0 Å². The summed E-state index contributed by atoms with van der Waals surface area (Å²) < 4.78 is 33.0. The molecule has 386 valence electrons. The molecule has 0 aliphatic carbocycles. The van der Waals surface area contributed by atoms with Crippen molar-refractivity contribution in [3.63, 3.8) is 0 Å². The highest BCUT2D eigenvalue weighted by molar-refractivity contribution is 5.94. The predicted octanol–water partition coefficient (Wildman–Crippen LogP) is -5.16. The zero-order valence-electron chi connectivity index (χ0n) is 36.7. The van der Waals surface area contributed by atoms with Crippen LogP contribution in [0.15, 0.2) is 72.8 Å². The van der Waals surface area contributed by atoms with E-state index in [-0.39, 0.29) is 33.9 Å². The average molecular weight is 997 g/mol. The highest BCUT2D eigenvalue weighted by Crippen LogP contribution is 2.46. The molecule has 0 saturated carbocycles. The number of aliphatic hydroxyl groups excluding tert-OH is 12. The molecule has 16 N–H and O–H groups in total. The quantitative estimate of drug-likeness (QED) is 0.0503. The summed E-state index contributed by atoms with van der Waals surface area (Å²) in [5.74, 6) is -8.85. The van der Waals surface area contributed by atoms with E-state index in [1.807, 2.05) is 0 Å². The van der Waals surface area contributed by atoms with Crippen LogP contribution in [0.1, 0.15) is 16.7 Å². The summed E-state index contributed by atoms with van der Waals surface area (Å²) in [5.41, 5.74) is -6.69. The number of carbonyl (C=O) groups is 3. The third-order valence-electron chi connectivity index (χ3n) is 12.8. The second kappa shape index (κ2) is 22.5. The normalized spacial score (nSPS) is 32.8. The molecule has 3 aromatic carbocycles. The third-order valence-corrected chi connectivity index (χ3v) is 12.8. The number of carboxylic acids is 3. The van der Waals surface area contributed by atoms with Crippen molar-refractivity contribution in [1.29, 1.82) is 0 Å². The average Bonchev–Trinajstić information content (AvgIpc) is 3.34. The first-order valence-electron chi connectivity index (χ1n) is 21.7. The Morgan fingerprint density at radius 2 is 0.757 bits per heavy atom. The minimum Gasteiger partial charge on any atom is -0.481 e. The molecule has 3 aliphatic heterocycles. The van der Waals surface area contributed by atoms with Crippen molar-refractivity contribution in [2.24, 2.45) is 11.3 Å². The van der Waals surface area contributed by atoms with Crippen LogP contribution in [-0.2, 0) is 47.9 Å². The Kier molecular flexibility index (Phi) is 17.4. The van der Waals surface area contributed by atoms with Crippen molar-refractivity contribution in [3.05, 3.63) is 89.5 Å². The lowest BCUT2D eigenvalue weighted by atomic mass is 9.59. The molecular weight excluding hydrogens is 940 g/mol. The van der Waals surface area contributed by atoms with Crippen molar-refractivity contribution < 1.29 is 125 Å². The molecule has 3 aliphatic rings. The fourth-order valence-electron chi connectivity index (χ4n) is 8.65. The third kappa shape index (κ3) is 11.0. The predicted molar refractivity (Wildman–Crippen MR) is 227 cm³/mol. The first-order valence-corrected chi connectivity index (χ1v) is 21.7. The Hall–Kier alpha value is -5.17. The van der Waals surface area contributed by atoms with Gasteiger partial charge in [-0.15, -0.1) is 0 Å². The van der Waals surface area contributed by atoms with E-state index in [2.05, 4.69) is 0 Å². The molecule has 0 bridgehead atoms. The van der Waals surface area contributed by atoms with Gasteiger partial charge in [-0.05, 0) is 72.4 Å². The van der Waals surface area contributed by atoms with E-state index in [1.54, 1.807) is 0 Å². The minimum atomic E-state index is -3.70.